The Morgan fingerprint density at radius 3 is 2.32 bits per heavy atom. The average Bonchev–Trinajstić information content (AvgIpc) is 2.37. The molecule has 1 N–H and O–H groups in total. The number of rotatable bonds is 3. The molecule has 0 aromatic heterocycles. The molecule has 0 bridgehead atoms. The van der Waals surface area contributed by atoms with Crippen molar-refractivity contribution >= 4 is 16.1 Å². The van der Waals surface area contributed by atoms with Crippen LogP contribution in [0, 0.1) is 0 Å². The molecule has 2 rings (SSSR count). The zero-order chi connectivity index (χ0) is 13.9. The summed E-state index contributed by atoms with van der Waals surface area (Å²) < 4.78 is 26.4. The number of nitrogens with zero attached hydrogens (tertiary/aromatic N) is 1. The number of hydrogen-bond acceptors (Lipinski definition) is 3. The van der Waals surface area contributed by atoms with Crippen molar-refractivity contribution in [3.8, 4) is 0 Å². The minimum Gasteiger partial charge on any atom is -0.314 e. The van der Waals surface area contributed by atoms with E-state index >= 15 is 0 Å². The van der Waals surface area contributed by atoms with Gasteiger partial charge >= 0.3 is 0 Å². The molecule has 19 heavy (non-hydrogen) atoms. The van der Waals surface area contributed by atoms with Gasteiger partial charge in [-0.15, -0.1) is 0 Å². The lowest BCUT2D eigenvalue weighted by molar-refractivity contribution is 0.222. The first kappa shape index (κ1) is 14.2. The summed E-state index contributed by atoms with van der Waals surface area (Å²) in [4.78, 5) is 0. The van der Waals surface area contributed by atoms with Crippen molar-refractivity contribution in [1.82, 2.24) is 9.62 Å². The summed E-state index contributed by atoms with van der Waals surface area (Å²) in [6.07, 6.45) is 1.65. The maximum Gasteiger partial charge on any atom is 0.236 e. The highest BCUT2D eigenvalue weighted by Gasteiger charge is 2.32. The van der Waals surface area contributed by atoms with Gasteiger partial charge in [0.2, 0.25) is 10.0 Å². The van der Waals surface area contributed by atoms with Gasteiger partial charge in [-0.05, 0) is 25.5 Å². The van der Waals surface area contributed by atoms with Gasteiger partial charge in [-0.2, -0.15) is 4.31 Å². The normalized spacial score (nSPS) is 25.8. The van der Waals surface area contributed by atoms with E-state index in [1.54, 1.807) is 10.4 Å². The van der Waals surface area contributed by atoms with E-state index in [2.05, 4.69) is 5.32 Å². The predicted octanol–water partition coefficient (Wildman–Crippen LogP) is 1.67. The number of hydrogen-bond donors (Lipinski definition) is 1. The Kier molecular flexibility index (Phi) is 4.39. The van der Waals surface area contributed by atoms with Crippen molar-refractivity contribution in [3.63, 3.8) is 0 Å². The first-order chi connectivity index (χ1) is 9.00. The molecule has 1 aliphatic heterocycles. The first-order valence-corrected chi connectivity index (χ1v) is 7.98. The molecule has 0 spiro atoms. The van der Waals surface area contributed by atoms with E-state index in [-0.39, 0.29) is 12.1 Å². The van der Waals surface area contributed by atoms with Gasteiger partial charge in [0.1, 0.15) is 0 Å². The second-order valence-corrected chi connectivity index (χ2v) is 6.67. The van der Waals surface area contributed by atoms with E-state index in [1.807, 2.05) is 44.2 Å². The van der Waals surface area contributed by atoms with Crippen molar-refractivity contribution in [3.05, 3.63) is 41.3 Å². The molecule has 1 heterocycles. The second-order valence-electron chi connectivity index (χ2n) is 4.94. The van der Waals surface area contributed by atoms with Gasteiger partial charge in [0.15, 0.2) is 0 Å². The lowest BCUT2D eigenvalue weighted by atomic mass is 10.2. The van der Waals surface area contributed by atoms with Gasteiger partial charge in [0, 0.05) is 30.6 Å². The fourth-order valence-electron chi connectivity index (χ4n) is 2.42. The minimum atomic E-state index is -3.37. The Morgan fingerprint density at radius 1 is 1.16 bits per heavy atom. The van der Waals surface area contributed by atoms with E-state index in [4.69, 9.17) is 0 Å². The molecular formula is C14H20N2O2S. The largest absolute Gasteiger partial charge is 0.314 e. The molecule has 1 saturated heterocycles. The SMILES string of the molecule is CC1CNCC(C)N1S(=O)(=O)C=Cc1ccccc1. The Hall–Kier alpha value is -1.17. The fourth-order valence-corrected chi connectivity index (χ4v) is 4.04. The molecule has 0 radical (unpaired) electrons. The summed E-state index contributed by atoms with van der Waals surface area (Å²) in [6.45, 7) is 5.25. The summed E-state index contributed by atoms with van der Waals surface area (Å²) in [5.41, 5.74) is 0.890. The van der Waals surface area contributed by atoms with E-state index in [1.165, 1.54) is 5.41 Å². The summed E-state index contributed by atoms with van der Waals surface area (Å²) in [6, 6.07) is 9.42. The van der Waals surface area contributed by atoms with Crippen molar-refractivity contribution in [2.75, 3.05) is 13.1 Å². The van der Waals surface area contributed by atoms with E-state index in [9.17, 15) is 8.42 Å². The van der Waals surface area contributed by atoms with Crippen molar-refractivity contribution in [2.45, 2.75) is 25.9 Å². The van der Waals surface area contributed by atoms with Crippen LogP contribution in [0.1, 0.15) is 19.4 Å². The summed E-state index contributed by atoms with van der Waals surface area (Å²) in [7, 11) is -3.37. The lowest BCUT2D eigenvalue weighted by Crippen LogP contribution is -2.56. The first-order valence-electron chi connectivity index (χ1n) is 6.48. The third-order valence-electron chi connectivity index (χ3n) is 3.27. The van der Waals surface area contributed by atoms with E-state index in [0.717, 1.165) is 5.56 Å². The molecule has 2 atom stereocenters. The Labute approximate surface area is 115 Å². The smallest absolute Gasteiger partial charge is 0.236 e. The van der Waals surface area contributed by atoms with Crippen LogP contribution in [0.2, 0.25) is 0 Å². The van der Waals surface area contributed by atoms with Crippen LogP contribution in [0.3, 0.4) is 0 Å². The molecule has 1 aromatic carbocycles. The zero-order valence-corrected chi connectivity index (χ0v) is 12.1. The molecule has 1 fully saturated rings. The molecule has 104 valence electrons. The second kappa shape index (κ2) is 5.86. The van der Waals surface area contributed by atoms with Gasteiger partial charge in [-0.25, -0.2) is 8.42 Å². The van der Waals surface area contributed by atoms with E-state index < -0.39 is 10.0 Å². The Bertz CT molecular complexity index is 530. The molecule has 1 aromatic rings. The highest BCUT2D eigenvalue weighted by atomic mass is 32.2. The molecule has 4 nitrogen and oxygen atoms in total. The van der Waals surface area contributed by atoms with Crippen LogP contribution in [-0.4, -0.2) is 37.9 Å². The molecular weight excluding hydrogens is 260 g/mol. The quantitative estimate of drug-likeness (QED) is 0.916. The molecule has 0 saturated carbocycles. The van der Waals surface area contributed by atoms with Gasteiger partial charge < -0.3 is 5.32 Å². The third kappa shape index (κ3) is 3.43. The van der Waals surface area contributed by atoms with Crippen LogP contribution >= 0.6 is 0 Å². The molecule has 0 amide bonds. The van der Waals surface area contributed by atoms with Crippen molar-refractivity contribution < 1.29 is 8.42 Å². The van der Waals surface area contributed by atoms with Crippen LogP contribution < -0.4 is 5.32 Å². The topological polar surface area (TPSA) is 49.4 Å². The van der Waals surface area contributed by atoms with Crippen LogP contribution in [0.5, 0.6) is 0 Å². The zero-order valence-electron chi connectivity index (χ0n) is 11.3. The van der Waals surface area contributed by atoms with Crippen LogP contribution in [0.15, 0.2) is 35.7 Å². The highest BCUT2D eigenvalue weighted by molar-refractivity contribution is 7.92. The van der Waals surface area contributed by atoms with Gasteiger partial charge in [-0.3, -0.25) is 0 Å². The molecule has 0 aliphatic carbocycles. The lowest BCUT2D eigenvalue weighted by Gasteiger charge is -2.37. The number of benzene rings is 1. The highest BCUT2D eigenvalue weighted by Crippen LogP contribution is 2.17. The average molecular weight is 280 g/mol. The van der Waals surface area contributed by atoms with Crippen LogP contribution in [0.4, 0.5) is 0 Å². The van der Waals surface area contributed by atoms with Gasteiger partial charge in [-0.1, -0.05) is 30.3 Å². The van der Waals surface area contributed by atoms with Crippen molar-refractivity contribution in [1.29, 1.82) is 0 Å². The number of sulfonamides is 1. The maximum atomic E-state index is 12.4. The number of nitrogens with one attached hydrogen (secondary N) is 1. The standard InChI is InChI=1S/C14H20N2O2S/c1-12-10-15-11-13(2)16(12)19(17,18)9-8-14-6-4-3-5-7-14/h3-9,12-13,15H,10-11H2,1-2H3. The fraction of sp³-hybridized carbons (Fsp3) is 0.429. The summed E-state index contributed by atoms with van der Waals surface area (Å²) in [5, 5.41) is 4.54. The maximum absolute atomic E-state index is 12.4. The van der Waals surface area contributed by atoms with E-state index in [0.29, 0.717) is 13.1 Å². The third-order valence-corrected chi connectivity index (χ3v) is 5.06. The Balaban J connectivity index is 2.20. The summed E-state index contributed by atoms with van der Waals surface area (Å²) >= 11 is 0. The molecule has 5 heteroatoms. The van der Waals surface area contributed by atoms with Gasteiger partial charge in [0.25, 0.3) is 0 Å². The van der Waals surface area contributed by atoms with Gasteiger partial charge in [0.05, 0.1) is 0 Å². The van der Waals surface area contributed by atoms with Crippen molar-refractivity contribution in [2.24, 2.45) is 0 Å². The molecule has 2 unspecified atom stereocenters. The summed E-state index contributed by atoms with van der Waals surface area (Å²) in [5.74, 6) is 0. The monoisotopic (exact) mass is 280 g/mol. The van der Waals surface area contributed by atoms with Crippen LogP contribution in [-0.2, 0) is 10.0 Å². The number of piperazine rings is 1. The minimum absolute atomic E-state index is 0.0193. The Morgan fingerprint density at radius 2 is 1.74 bits per heavy atom. The molecule has 1 aliphatic rings. The predicted molar refractivity (Wildman–Crippen MR) is 78.0 cm³/mol. The van der Waals surface area contributed by atoms with Crippen LogP contribution in [0.25, 0.3) is 6.08 Å².